The van der Waals surface area contributed by atoms with Crippen LogP contribution in [0.1, 0.15) is 12.5 Å². The number of rotatable bonds is 5. The molecular formula is C17H14BrClFNO3. The number of amides is 1. The predicted octanol–water partition coefficient (Wildman–Crippen LogP) is 4.35. The number of hydrogen-bond acceptors (Lipinski definition) is 3. The molecule has 1 amide bonds. The SMILES string of the molecule is CC(OC(=O)Cc1ccc(Cl)cc1)C(=O)Nc1ccc(Br)cc1F. The number of anilines is 1. The summed E-state index contributed by atoms with van der Waals surface area (Å²) in [5, 5.41) is 2.95. The van der Waals surface area contributed by atoms with Gasteiger partial charge in [-0.05, 0) is 42.8 Å². The lowest BCUT2D eigenvalue weighted by Crippen LogP contribution is -2.30. The van der Waals surface area contributed by atoms with E-state index in [0.29, 0.717) is 9.50 Å². The maximum Gasteiger partial charge on any atom is 0.311 e. The second-order valence-corrected chi connectivity index (χ2v) is 6.40. The van der Waals surface area contributed by atoms with Crippen molar-refractivity contribution < 1.29 is 18.7 Å². The molecule has 2 aromatic carbocycles. The maximum atomic E-state index is 13.7. The zero-order valence-electron chi connectivity index (χ0n) is 12.7. The van der Waals surface area contributed by atoms with E-state index in [2.05, 4.69) is 21.2 Å². The Hall–Kier alpha value is -1.92. The lowest BCUT2D eigenvalue weighted by molar-refractivity contribution is -0.152. The molecule has 0 heterocycles. The molecule has 0 aromatic heterocycles. The lowest BCUT2D eigenvalue weighted by atomic mass is 10.1. The van der Waals surface area contributed by atoms with Crippen molar-refractivity contribution in [2.75, 3.05) is 5.32 Å². The molecule has 0 aliphatic carbocycles. The molecular weight excluding hydrogens is 401 g/mol. The van der Waals surface area contributed by atoms with Crippen LogP contribution in [0.25, 0.3) is 0 Å². The van der Waals surface area contributed by atoms with E-state index in [4.69, 9.17) is 16.3 Å². The Kier molecular flexibility index (Phi) is 6.34. The number of ether oxygens (including phenoxy) is 1. The van der Waals surface area contributed by atoms with Crippen LogP contribution in [0.3, 0.4) is 0 Å². The van der Waals surface area contributed by atoms with Gasteiger partial charge in [-0.1, -0.05) is 39.7 Å². The number of benzene rings is 2. The van der Waals surface area contributed by atoms with Gasteiger partial charge in [0.2, 0.25) is 0 Å². The van der Waals surface area contributed by atoms with Gasteiger partial charge >= 0.3 is 5.97 Å². The molecule has 4 nitrogen and oxygen atoms in total. The van der Waals surface area contributed by atoms with Crippen molar-refractivity contribution >= 4 is 45.1 Å². The first kappa shape index (κ1) is 18.4. The van der Waals surface area contributed by atoms with E-state index in [-0.39, 0.29) is 12.1 Å². The quantitative estimate of drug-likeness (QED) is 0.740. The Morgan fingerprint density at radius 1 is 1.25 bits per heavy atom. The molecule has 0 saturated carbocycles. The fourth-order valence-corrected chi connectivity index (χ4v) is 2.35. The van der Waals surface area contributed by atoms with Crippen LogP contribution in [-0.2, 0) is 20.7 Å². The van der Waals surface area contributed by atoms with Crippen molar-refractivity contribution in [1.29, 1.82) is 0 Å². The van der Waals surface area contributed by atoms with Crippen molar-refractivity contribution in [3.8, 4) is 0 Å². The van der Waals surface area contributed by atoms with Crippen LogP contribution in [0, 0.1) is 5.82 Å². The van der Waals surface area contributed by atoms with Gasteiger partial charge in [0.15, 0.2) is 6.10 Å². The Morgan fingerprint density at radius 2 is 1.92 bits per heavy atom. The standard InChI is InChI=1S/C17H14BrClFNO3/c1-10(17(23)21-15-7-4-12(18)9-14(15)20)24-16(22)8-11-2-5-13(19)6-3-11/h2-7,9-10H,8H2,1H3,(H,21,23). The minimum atomic E-state index is -1.05. The molecule has 126 valence electrons. The van der Waals surface area contributed by atoms with E-state index in [0.717, 1.165) is 5.56 Å². The van der Waals surface area contributed by atoms with Gasteiger partial charge in [-0.15, -0.1) is 0 Å². The summed E-state index contributed by atoms with van der Waals surface area (Å²) in [6, 6.07) is 11.0. The largest absolute Gasteiger partial charge is 0.452 e. The highest BCUT2D eigenvalue weighted by molar-refractivity contribution is 9.10. The van der Waals surface area contributed by atoms with Crippen LogP contribution in [0.4, 0.5) is 10.1 Å². The molecule has 0 radical (unpaired) electrons. The molecule has 1 atom stereocenters. The van der Waals surface area contributed by atoms with Crippen molar-refractivity contribution in [3.63, 3.8) is 0 Å². The average molecular weight is 415 g/mol. The molecule has 0 bridgehead atoms. The zero-order chi connectivity index (χ0) is 17.7. The first-order valence-electron chi connectivity index (χ1n) is 7.05. The first-order valence-corrected chi connectivity index (χ1v) is 8.22. The fraction of sp³-hybridized carbons (Fsp3) is 0.176. The molecule has 0 aliphatic heterocycles. The van der Waals surface area contributed by atoms with Gasteiger partial charge in [0.1, 0.15) is 5.82 Å². The third-order valence-electron chi connectivity index (χ3n) is 3.13. The van der Waals surface area contributed by atoms with Gasteiger partial charge in [-0.25, -0.2) is 4.39 Å². The molecule has 1 unspecified atom stereocenters. The summed E-state index contributed by atoms with van der Waals surface area (Å²) in [4.78, 5) is 23.9. The summed E-state index contributed by atoms with van der Waals surface area (Å²) in [5.41, 5.74) is 0.736. The zero-order valence-corrected chi connectivity index (χ0v) is 15.0. The van der Waals surface area contributed by atoms with E-state index in [1.54, 1.807) is 30.3 Å². The fourth-order valence-electron chi connectivity index (χ4n) is 1.89. The second-order valence-electron chi connectivity index (χ2n) is 5.05. The lowest BCUT2D eigenvalue weighted by Gasteiger charge is -2.14. The summed E-state index contributed by atoms with van der Waals surface area (Å²) in [6.45, 7) is 1.42. The van der Waals surface area contributed by atoms with Crippen LogP contribution in [0.15, 0.2) is 46.9 Å². The first-order chi connectivity index (χ1) is 11.3. The maximum absolute atomic E-state index is 13.7. The second kappa shape index (κ2) is 8.26. The minimum Gasteiger partial charge on any atom is -0.452 e. The van der Waals surface area contributed by atoms with Gasteiger partial charge in [0.05, 0.1) is 12.1 Å². The van der Waals surface area contributed by atoms with E-state index in [9.17, 15) is 14.0 Å². The van der Waals surface area contributed by atoms with Crippen LogP contribution in [0.5, 0.6) is 0 Å². The molecule has 0 spiro atoms. The van der Waals surface area contributed by atoms with Crippen molar-refractivity contribution in [2.24, 2.45) is 0 Å². The Balaban J connectivity index is 1.90. The summed E-state index contributed by atoms with van der Waals surface area (Å²) in [5.74, 6) is -1.76. The summed E-state index contributed by atoms with van der Waals surface area (Å²) in [7, 11) is 0. The smallest absolute Gasteiger partial charge is 0.311 e. The van der Waals surface area contributed by atoms with E-state index in [1.165, 1.54) is 19.1 Å². The third-order valence-corrected chi connectivity index (χ3v) is 3.87. The monoisotopic (exact) mass is 413 g/mol. The van der Waals surface area contributed by atoms with Crippen LogP contribution < -0.4 is 5.32 Å². The average Bonchev–Trinajstić information content (AvgIpc) is 2.52. The van der Waals surface area contributed by atoms with Gasteiger partial charge in [-0.2, -0.15) is 0 Å². The molecule has 0 fully saturated rings. The molecule has 1 N–H and O–H groups in total. The molecule has 0 aliphatic rings. The van der Waals surface area contributed by atoms with Crippen molar-refractivity contribution in [2.45, 2.75) is 19.4 Å². The normalized spacial score (nSPS) is 11.7. The van der Waals surface area contributed by atoms with Gasteiger partial charge in [0, 0.05) is 9.50 Å². The van der Waals surface area contributed by atoms with E-state index in [1.807, 2.05) is 0 Å². The molecule has 2 aromatic rings. The van der Waals surface area contributed by atoms with Crippen molar-refractivity contribution in [3.05, 3.63) is 63.3 Å². The minimum absolute atomic E-state index is 0.0153. The predicted molar refractivity (Wildman–Crippen MR) is 93.4 cm³/mol. The van der Waals surface area contributed by atoms with Gasteiger partial charge in [-0.3, -0.25) is 9.59 Å². The highest BCUT2D eigenvalue weighted by Crippen LogP contribution is 2.19. The molecule has 2 rings (SSSR count). The van der Waals surface area contributed by atoms with E-state index >= 15 is 0 Å². The Morgan fingerprint density at radius 3 is 2.54 bits per heavy atom. The summed E-state index contributed by atoms with van der Waals surface area (Å²) >= 11 is 8.90. The van der Waals surface area contributed by atoms with E-state index < -0.39 is 23.8 Å². The Labute approximate surface area is 152 Å². The van der Waals surface area contributed by atoms with Crippen LogP contribution >= 0.6 is 27.5 Å². The van der Waals surface area contributed by atoms with Crippen LogP contribution in [-0.4, -0.2) is 18.0 Å². The van der Waals surface area contributed by atoms with Gasteiger partial charge < -0.3 is 10.1 Å². The number of halogens is 3. The molecule has 24 heavy (non-hydrogen) atoms. The van der Waals surface area contributed by atoms with Crippen molar-refractivity contribution in [1.82, 2.24) is 0 Å². The number of carbonyl (C=O) groups excluding carboxylic acids is 2. The number of esters is 1. The number of nitrogens with one attached hydrogen (secondary N) is 1. The summed E-state index contributed by atoms with van der Waals surface area (Å²) in [6.07, 6.45) is -1.03. The van der Waals surface area contributed by atoms with Crippen LogP contribution in [0.2, 0.25) is 5.02 Å². The number of carbonyl (C=O) groups is 2. The summed E-state index contributed by atoms with van der Waals surface area (Å²) < 4.78 is 19.3. The topological polar surface area (TPSA) is 55.4 Å². The Bertz CT molecular complexity index is 752. The molecule has 0 saturated heterocycles. The third kappa shape index (κ3) is 5.32. The molecule has 7 heteroatoms. The highest BCUT2D eigenvalue weighted by Gasteiger charge is 2.19. The highest BCUT2D eigenvalue weighted by atomic mass is 79.9. The number of hydrogen-bond donors (Lipinski definition) is 1. The van der Waals surface area contributed by atoms with Gasteiger partial charge in [0.25, 0.3) is 5.91 Å².